The summed E-state index contributed by atoms with van der Waals surface area (Å²) in [5.74, 6) is 1.61. The van der Waals surface area contributed by atoms with Crippen LogP contribution in [0, 0.1) is 17.3 Å². The molecule has 112 valence electrons. The molecule has 2 aliphatic rings. The summed E-state index contributed by atoms with van der Waals surface area (Å²) in [7, 11) is 0. The van der Waals surface area contributed by atoms with E-state index < -0.39 is 0 Å². The number of nitrogens with two attached hydrogens (primary N) is 1. The van der Waals surface area contributed by atoms with Gasteiger partial charge in [-0.15, -0.1) is 0 Å². The first-order valence-electron chi connectivity index (χ1n) is 8.43. The largest absolute Gasteiger partial charge is 0.330 e. The lowest BCUT2D eigenvalue weighted by Gasteiger charge is -2.46. The van der Waals surface area contributed by atoms with E-state index >= 15 is 0 Å². The third-order valence-electron chi connectivity index (χ3n) is 5.80. The summed E-state index contributed by atoms with van der Waals surface area (Å²) >= 11 is 0. The van der Waals surface area contributed by atoms with Crippen LogP contribution in [0.5, 0.6) is 0 Å². The Labute approximate surface area is 120 Å². The van der Waals surface area contributed by atoms with Crippen LogP contribution in [0.2, 0.25) is 0 Å². The predicted molar refractivity (Wildman–Crippen MR) is 83.1 cm³/mol. The standard InChI is InChI=1S/C17H34N2/c1-5-15-7-6-10-19(15)16-11-14(17(2,3)4)9-8-13(16)12-18/h13-16H,5-12,18H2,1-4H3. The second kappa shape index (κ2) is 6.13. The Bertz CT molecular complexity index is 281. The molecule has 4 atom stereocenters. The molecule has 0 spiro atoms. The predicted octanol–water partition coefficient (Wildman–Crippen LogP) is 3.65. The number of hydrogen-bond donors (Lipinski definition) is 1. The first-order valence-corrected chi connectivity index (χ1v) is 8.43. The van der Waals surface area contributed by atoms with Crippen molar-refractivity contribution in [3.8, 4) is 0 Å². The van der Waals surface area contributed by atoms with Gasteiger partial charge in [-0.2, -0.15) is 0 Å². The molecule has 19 heavy (non-hydrogen) atoms. The quantitative estimate of drug-likeness (QED) is 0.845. The smallest absolute Gasteiger partial charge is 0.0141 e. The van der Waals surface area contributed by atoms with Crippen LogP contribution in [0.25, 0.3) is 0 Å². The molecule has 2 nitrogen and oxygen atoms in total. The Morgan fingerprint density at radius 1 is 1.16 bits per heavy atom. The van der Waals surface area contributed by atoms with Gasteiger partial charge in [0.2, 0.25) is 0 Å². The third kappa shape index (κ3) is 3.33. The fourth-order valence-electron chi connectivity index (χ4n) is 4.41. The number of hydrogen-bond acceptors (Lipinski definition) is 2. The maximum absolute atomic E-state index is 6.08. The van der Waals surface area contributed by atoms with Crippen molar-refractivity contribution in [3.63, 3.8) is 0 Å². The molecule has 1 heterocycles. The molecule has 1 aliphatic carbocycles. The molecule has 0 aromatic rings. The average Bonchev–Trinajstić information content (AvgIpc) is 2.85. The van der Waals surface area contributed by atoms with E-state index in [0.29, 0.717) is 5.41 Å². The Balaban J connectivity index is 2.09. The first kappa shape index (κ1) is 15.3. The summed E-state index contributed by atoms with van der Waals surface area (Å²) in [5, 5.41) is 0. The molecule has 1 aliphatic heterocycles. The minimum absolute atomic E-state index is 0.458. The van der Waals surface area contributed by atoms with Gasteiger partial charge in [-0.05, 0) is 68.9 Å². The highest BCUT2D eigenvalue weighted by atomic mass is 15.2. The van der Waals surface area contributed by atoms with E-state index in [9.17, 15) is 0 Å². The minimum Gasteiger partial charge on any atom is -0.330 e. The van der Waals surface area contributed by atoms with E-state index in [1.165, 1.54) is 45.1 Å². The van der Waals surface area contributed by atoms with E-state index in [2.05, 4.69) is 32.6 Å². The van der Waals surface area contributed by atoms with Gasteiger partial charge in [0.15, 0.2) is 0 Å². The fraction of sp³-hybridized carbons (Fsp3) is 1.00. The zero-order chi connectivity index (χ0) is 14.0. The lowest BCUT2D eigenvalue weighted by Crippen LogP contribution is -2.50. The van der Waals surface area contributed by atoms with Gasteiger partial charge in [0, 0.05) is 12.1 Å². The zero-order valence-corrected chi connectivity index (χ0v) is 13.5. The van der Waals surface area contributed by atoms with Crippen molar-refractivity contribution in [3.05, 3.63) is 0 Å². The molecule has 0 aromatic carbocycles. The number of nitrogens with zero attached hydrogens (tertiary/aromatic N) is 1. The topological polar surface area (TPSA) is 29.3 Å². The van der Waals surface area contributed by atoms with E-state index in [0.717, 1.165) is 30.5 Å². The molecule has 4 unspecified atom stereocenters. The SMILES string of the molecule is CCC1CCCN1C1CC(C(C)(C)C)CCC1CN. The van der Waals surface area contributed by atoms with Crippen LogP contribution in [0.4, 0.5) is 0 Å². The van der Waals surface area contributed by atoms with Crippen molar-refractivity contribution in [1.29, 1.82) is 0 Å². The van der Waals surface area contributed by atoms with Crippen LogP contribution in [-0.4, -0.2) is 30.1 Å². The van der Waals surface area contributed by atoms with Crippen LogP contribution >= 0.6 is 0 Å². The van der Waals surface area contributed by atoms with Crippen molar-refractivity contribution in [2.24, 2.45) is 23.0 Å². The Hall–Kier alpha value is -0.0800. The van der Waals surface area contributed by atoms with Crippen molar-refractivity contribution < 1.29 is 0 Å². The molecule has 0 aromatic heterocycles. The lowest BCUT2D eigenvalue weighted by atomic mass is 9.67. The molecular formula is C17H34N2. The summed E-state index contributed by atoms with van der Waals surface area (Å²) in [6.07, 6.45) is 8.22. The molecule has 0 radical (unpaired) electrons. The van der Waals surface area contributed by atoms with Crippen LogP contribution < -0.4 is 5.73 Å². The summed E-state index contributed by atoms with van der Waals surface area (Å²) < 4.78 is 0. The van der Waals surface area contributed by atoms with Gasteiger partial charge in [-0.1, -0.05) is 27.7 Å². The summed E-state index contributed by atoms with van der Waals surface area (Å²) in [4.78, 5) is 2.83. The summed E-state index contributed by atoms with van der Waals surface area (Å²) in [5.41, 5.74) is 6.53. The average molecular weight is 266 g/mol. The van der Waals surface area contributed by atoms with Crippen molar-refractivity contribution in [1.82, 2.24) is 4.90 Å². The maximum atomic E-state index is 6.08. The molecule has 2 rings (SSSR count). The zero-order valence-electron chi connectivity index (χ0n) is 13.5. The number of rotatable bonds is 3. The Morgan fingerprint density at radius 2 is 1.89 bits per heavy atom. The molecule has 0 bridgehead atoms. The monoisotopic (exact) mass is 266 g/mol. The van der Waals surface area contributed by atoms with Gasteiger partial charge in [-0.3, -0.25) is 4.90 Å². The fourth-order valence-corrected chi connectivity index (χ4v) is 4.41. The van der Waals surface area contributed by atoms with Gasteiger partial charge < -0.3 is 5.73 Å². The molecule has 1 saturated heterocycles. The normalized spacial score (nSPS) is 37.7. The van der Waals surface area contributed by atoms with E-state index in [-0.39, 0.29) is 0 Å². The highest BCUT2D eigenvalue weighted by Gasteiger charge is 2.40. The van der Waals surface area contributed by atoms with Crippen molar-refractivity contribution in [2.45, 2.75) is 78.3 Å². The molecule has 2 heteroatoms. The maximum Gasteiger partial charge on any atom is 0.0141 e. The Morgan fingerprint density at radius 3 is 2.47 bits per heavy atom. The van der Waals surface area contributed by atoms with Gasteiger partial charge in [0.25, 0.3) is 0 Å². The second-order valence-corrected chi connectivity index (χ2v) is 7.88. The molecule has 0 amide bonds. The summed E-state index contributed by atoms with van der Waals surface area (Å²) in [6.45, 7) is 11.8. The van der Waals surface area contributed by atoms with E-state index in [4.69, 9.17) is 5.73 Å². The van der Waals surface area contributed by atoms with E-state index in [1.807, 2.05) is 0 Å². The molecule has 2 N–H and O–H groups in total. The Kier molecular flexibility index (Phi) is 4.94. The van der Waals surface area contributed by atoms with Gasteiger partial charge in [-0.25, -0.2) is 0 Å². The first-order chi connectivity index (χ1) is 8.97. The highest BCUT2D eigenvalue weighted by molar-refractivity contribution is 4.94. The minimum atomic E-state index is 0.458. The highest BCUT2D eigenvalue weighted by Crippen LogP contribution is 2.43. The molecule has 1 saturated carbocycles. The lowest BCUT2D eigenvalue weighted by molar-refractivity contribution is 0.0372. The number of likely N-dealkylation sites (tertiary alicyclic amines) is 1. The van der Waals surface area contributed by atoms with Gasteiger partial charge in [0.05, 0.1) is 0 Å². The van der Waals surface area contributed by atoms with Gasteiger partial charge in [0.1, 0.15) is 0 Å². The van der Waals surface area contributed by atoms with Crippen LogP contribution in [0.15, 0.2) is 0 Å². The van der Waals surface area contributed by atoms with Crippen LogP contribution in [-0.2, 0) is 0 Å². The van der Waals surface area contributed by atoms with Crippen molar-refractivity contribution >= 4 is 0 Å². The van der Waals surface area contributed by atoms with Gasteiger partial charge >= 0.3 is 0 Å². The second-order valence-electron chi connectivity index (χ2n) is 7.88. The molecular weight excluding hydrogens is 232 g/mol. The summed E-state index contributed by atoms with van der Waals surface area (Å²) in [6, 6.07) is 1.59. The third-order valence-corrected chi connectivity index (χ3v) is 5.80. The van der Waals surface area contributed by atoms with E-state index in [1.54, 1.807) is 0 Å². The van der Waals surface area contributed by atoms with Crippen LogP contribution in [0.3, 0.4) is 0 Å². The van der Waals surface area contributed by atoms with Crippen molar-refractivity contribution in [2.75, 3.05) is 13.1 Å². The van der Waals surface area contributed by atoms with Crippen LogP contribution in [0.1, 0.15) is 66.2 Å². The molecule has 2 fully saturated rings.